The molecule has 0 unspecified atom stereocenters. The summed E-state index contributed by atoms with van der Waals surface area (Å²) in [5, 5.41) is 13.1. The molecule has 0 bridgehead atoms. The summed E-state index contributed by atoms with van der Waals surface area (Å²) in [6, 6.07) is 6.33. The Morgan fingerprint density at radius 3 is 3.06 bits per heavy atom. The molecule has 0 radical (unpaired) electrons. The molecule has 2 amide bonds. The minimum absolute atomic E-state index is 0.128. The molecule has 33 heavy (non-hydrogen) atoms. The number of nitrogens with two attached hydrogens (primary N) is 1. The van der Waals surface area contributed by atoms with E-state index in [1.807, 2.05) is 6.07 Å². The number of pyridine rings is 1. The molecule has 4 heterocycles. The Kier molecular flexibility index (Phi) is 5.24. The van der Waals surface area contributed by atoms with E-state index < -0.39 is 6.03 Å². The molecule has 1 aliphatic heterocycles. The lowest BCUT2D eigenvalue weighted by atomic mass is 10.1. The molecule has 1 fully saturated rings. The zero-order valence-corrected chi connectivity index (χ0v) is 17.7. The van der Waals surface area contributed by atoms with E-state index in [4.69, 9.17) is 10.6 Å². The number of halogens is 1. The number of carbonyl (C=O) groups is 1. The number of carbonyl (C=O) groups excluding carboxylic acids is 1. The van der Waals surface area contributed by atoms with Crippen LogP contribution < -0.4 is 5.73 Å². The third kappa shape index (κ3) is 4.14. The molecule has 0 aliphatic carbocycles. The highest BCUT2D eigenvalue weighted by Gasteiger charge is 2.26. The van der Waals surface area contributed by atoms with Gasteiger partial charge in [-0.1, -0.05) is 16.4 Å². The van der Waals surface area contributed by atoms with Gasteiger partial charge in [-0.15, -0.1) is 5.10 Å². The third-order valence-electron chi connectivity index (χ3n) is 5.48. The van der Waals surface area contributed by atoms with Crippen LogP contribution in [0.4, 0.5) is 9.18 Å². The zero-order valence-electron chi connectivity index (χ0n) is 17.7. The monoisotopic (exact) mass is 449 g/mol. The molecule has 0 saturated carbocycles. The van der Waals surface area contributed by atoms with Crippen molar-refractivity contribution in [1.29, 1.82) is 0 Å². The van der Waals surface area contributed by atoms with Gasteiger partial charge in [0.25, 0.3) is 0 Å². The van der Waals surface area contributed by atoms with Crippen molar-refractivity contribution in [2.24, 2.45) is 10.9 Å². The SMILES string of the molecule is CC(=NO[C@H]1CCN(C(N)=O)C1)c1cnc2nnn(Cc3cc4cccnc4cc3F)c2n1. The van der Waals surface area contributed by atoms with Gasteiger partial charge in [0.05, 0.1) is 24.8 Å². The maximum Gasteiger partial charge on any atom is 0.314 e. The molecule has 2 N–H and O–H groups in total. The molecule has 11 nitrogen and oxygen atoms in total. The third-order valence-corrected chi connectivity index (χ3v) is 5.48. The van der Waals surface area contributed by atoms with Crippen LogP contribution >= 0.6 is 0 Å². The first-order chi connectivity index (χ1) is 16.0. The van der Waals surface area contributed by atoms with Crippen LogP contribution in [0.3, 0.4) is 0 Å². The number of fused-ring (bicyclic) bond motifs is 2. The minimum Gasteiger partial charge on any atom is -0.390 e. The Morgan fingerprint density at radius 2 is 2.24 bits per heavy atom. The Morgan fingerprint density at radius 1 is 1.36 bits per heavy atom. The summed E-state index contributed by atoms with van der Waals surface area (Å²) in [5.74, 6) is -0.387. The van der Waals surface area contributed by atoms with Gasteiger partial charge in [0.2, 0.25) is 5.65 Å². The molecule has 0 spiro atoms. The Balaban J connectivity index is 1.38. The number of urea groups is 1. The first kappa shape index (κ1) is 20.7. The highest BCUT2D eigenvalue weighted by atomic mass is 19.1. The number of amides is 2. The van der Waals surface area contributed by atoms with E-state index in [0.29, 0.717) is 53.3 Å². The summed E-state index contributed by atoms with van der Waals surface area (Å²) >= 11 is 0. The molecule has 1 atom stereocenters. The van der Waals surface area contributed by atoms with Crippen molar-refractivity contribution in [2.75, 3.05) is 13.1 Å². The van der Waals surface area contributed by atoms with Crippen molar-refractivity contribution in [3.63, 3.8) is 0 Å². The van der Waals surface area contributed by atoms with Gasteiger partial charge in [0, 0.05) is 36.2 Å². The van der Waals surface area contributed by atoms with Gasteiger partial charge in [0.15, 0.2) is 5.65 Å². The Labute approximate surface area is 187 Å². The van der Waals surface area contributed by atoms with Gasteiger partial charge in [-0.25, -0.2) is 23.8 Å². The minimum atomic E-state index is -0.474. The topological polar surface area (TPSA) is 137 Å². The maximum absolute atomic E-state index is 14.6. The molecule has 5 rings (SSSR count). The van der Waals surface area contributed by atoms with E-state index in [0.717, 1.165) is 5.39 Å². The van der Waals surface area contributed by atoms with Gasteiger partial charge < -0.3 is 15.5 Å². The molecule has 1 aromatic carbocycles. The second-order valence-corrected chi connectivity index (χ2v) is 7.77. The molecule has 168 valence electrons. The molecule has 3 aromatic heterocycles. The second-order valence-electron chi connectivity index (χ2n) is 7.77. The number of rotatable bonds is 5. The number of primary amides is 1. The highest BCUT2D eigenvalue weighted by Crippen LogP contribution is 2.19. The number of aromatic nitrogens is 6. The van der Waals surface area contributed by atoms with Crippen LogP contribution in [-0.4, -0.2) is 65.8 Å². The summed E-state index contributed by atoms with van der Waals surface area (Å²) in [4.78, 5) is 31.3. The first-order valence-corrected chi connectivity index (χ1v) is 10.3. The summed E-state index contributed by atoms with van der Waals surface area (Å²) in [7, 11) is 0. The van der Waals surface area contributed by atoms with Crippen LogP contribution in [0.2, 0.25) is 0 Å². The molecule has 1 aliphatic rings. The predicted molar refractivity (Wildman–Crippen MR) is 117 cm³/mol. The number of hydrogen-bond acceptors (Lipinski definition) is 8. The lowest BCUT2D eigenvalue weighted by molar-refractivity contribution is 0.0675. The van der Waals surface area contributed by atoms with Gasteiger partial charge in [-0.05, 0) is 19.1 Å². The van der Waals surface area contributed by atoms with Gasteiger partial charge in [-0.3, -0.25) is 4.98 Å². The lowest BCUT2D eigenvalue weighted by Gasteiger charge is -2.12. The van der Waals surface area contributed by atoms with Gasteiger partial charge in [-0.2, -0.15) is 0 Å². The van der Waals surface area contributed by atoms with E-state index in [9.17, 15) is 9.18 Å². The maximum atomic E-state index is 14.6. The van der Waals surface area contributed by atoms with Crippen molar-refractivity contribution in [2.45, 2.75) is 26.0 Å². The van der Waals surface area contributed by atoms with Crippen LogP contribution in [0, 0.1) is 5.82 Å². The average molecular weight is 449 g/mol. The van der Waals surface area contributed by atoms with Crippen molar-refractivity contribution in [1.82, 2.24) is 34.8 Å². The highest BCUT2D eigenvalue weighted by molar-refractivity contribution is 5.97. The standard InChI is InChI=1S/C21H20FN9O2/c1-12(28-33-15-4-6-30(11-15)21(23)32)18-9-25-19-20(26-18)31(29-27-19)10-14-7-13-3-2-5-24-17(13)8-16(14)22/h2-3,5,7-9,15H,4,6,10-11H2,1H3,(H2,23,32)/t15-/m0/s1. The normalized spacial score (nSPS) is 16.6. The smallest absolute Gasteiger partial charge is 0.314 e. The lowest BCUT2D eigenvalue weighted by Crippen LogP contribution is -2.34. The Hall–Kier alpha value is -4.22. The number of benzene rings is 1. The summed E-state index contributed by atoms with van der Waals surface area (Å²) in [5.41, 5.74) is 8.01. The predicted octanol–water partition coefficient (Wildman–Crippen LogP) is 1.85. The molecule has 12 heteroatoms. The van der Waals surface area contributed by atoms with E-state index in [-0.39, 0.29) is 18.5 Å². The van der Waals surface area contributed by atoms with Crippen molar-refractivity contribution >= 4 is 33.9 Å². The molecular formula is C21H20FN9O2. The largest absolute Gasteiger partial charge is 0.390 e. The number of nitrogens with zero attached hydrogens (tertiary/aromatic N) is 8. The van der Waals surface area contributed by atoms with Gasteiger partial charge >= 0.3 is 6.03 Å². The zero-order chi connectivity index (χ0) is 22.9. The van der Waals surface area contributed by atoms with Crippen LogP contribution in [-0.2, 0) is 11.4 Å². The van der Waals surface area contributed by atoms with Crippen LogP contribution in [0.1, 0.15) is 24.6 Å². The number of likely N-dealkylation sites (tertiary alicyclic amines) is 1. The summed E-state index contributed by atoms with van der Waals surface area (Å²) < 4.78 is 16.1. The van der Waals surface area contributed by atoms with E-state index in [1.165, 1.54) is 21.8 Å². The van der Waals surface area contributed by atoms with E-state index in [2.05, 4.69) is 30.4 Å². The van der Waals surface area contributed by atoms with Gasteiger partial charge in [0.1, 0.15) is 23.3 Å². The summed E-state index contributed by atoms with van der Waals surface area (Å²) in [6.45, 7) is 2.79. The second kappa shape index (κ2) is 8.37. The summed E-state index contributed by atoms with van der Waals surface area (Å²) in [6.07, 6.45) is 3.56. The van der Waals surface area contributed by atoms with Crippen LogP contribution in [0.25, 0.3) is 22.2 Å². The van der Waals surface area contributed by atoms with Crippen LogP contribution in [0.15, 0.2) is 41.8 Å². The fourth-order valence-electron chi connectivity index (χ4n) is 3.68. The average Bonchev–Trinajstić information content (AvgIpc) is 3.45. The molecule has 4 aromatic rings. The van der Waals surface area contributed by atoms with E-state index >= 15 is 0 Å². The fraction of sp³-hybridized carbons (Fsp3) is 0.286. The fourth-order valence-corrected chi connectivity index (χ4v) is 3.68. The van der Waals surface area contributed by atoms with Crippen molar-refractivity contribution < 1.29 is 14.0 Å². The van der Waals surface area contributed by atoms with Crippen molar-refractivity contribution in [3.8, 4) is 0 Å². The first-order valence-electron chi connectivity index (χ1n) is 10.3. The van der Waals surface area contributed by atoms with Crippen molar-refractivity contribution in [3.05, 3.63) is 53.7 Å². The Bertz CT molecular complexity index is 1390. The number of oxime groups is 1. The van der Waals surface area contributed by atoms with E-state index in [1.54, 1.807) is 25.3 Å². The quantitative estimate of drug-likeness (QED) is 0.362. The van der Waals surface area contributed by atoms with Crippen LogP contribution in [0.5, 0.6) is 0 Å². The molecular weight excluding hydrogens is 429 g/mol. The number of hydrogen-bond donors (Lipinski definition) is 1. The molecule has 1 saturated heterocycles.